The summed E-state index contributed by atoms with van der Waals surface area (Å²) in [5, 5.41) is 0. The van der Waals surface area contributed by atoms with Crippen molar-refractivity contribution in [3.63, 3.8) is 0 Å². The molecule has 0 bridgehead atoms. The summed E-state index contributed by atoms with van der Waals surface area (Å²) in [6, 6.07) is 7.39. The Balaban J connectivity index is 1.72. The van der Waals surface area contributed by atoms with E-state index < -0.39 is 5.97 Å². The van der Waals surface area contributed by atoms with E-state index in [4.69, 9.17) is 4.74 Å². The van der Waals surface area contributed by atoms with Crippen molar-refractivity contribution in [1.82, 2.24) is 14.1 Å². The van der Waals surface area contributed by atoms with Gasteiger partial charge in [-0.1, -0.05) is 6.08 Å². The van der Waals surface area contributed by atoms with Gasteiger partial charge in [-0.25, -0.2) is 14.2 Å². The lowest BCUT2D eigenvalue weighted by atomic mass is 10.1. The summed E-state index contributed by atoms with van der Waals surface area (Å²) in [5.41, 5.74) is 2.96. The Labute approximate surface area is 161 Å². The van der Waals surface area contributed by atoms with Gasteiger partial charge in [0.25, 0.3) is 0 Å². The van der Waals surface area contributed by atoms with Gasteiger partial charge in [-0.05, 0) is 44.2 Å². The number of benzene rings is 1. The number of allylic oxidation sites excluding steroid dienone is 1. The average Bonchev–Trinajstić information content (AvgIpc) is 3.27. The lowest BCUT2D eigenvalue weighted by Crippen LogP contribution is -2.17. The van der Waals surface area contributed by atoms with E-state index in [1.807, 2.05) is 18.4 Å². The summed E-state index contributed by atoms with van der Waals surface area (Å²) in [6.07, 6.45) is 4.52. The number of carbonyl (C=O) groups excluding carboxylic acids is 2. The number of ether oxygens (including phenoxy) is 1. The number of rotatable bonds is 7. The zero-order chi connectivity index (χ0) is 20.3. The molecule has 0 atom stereocenters. The molecule has 0 unspecified atom stereocenters. The standard InChI is InChI=1S/C21H20FN3O3/c1-4-9-24-14(2)10-18(15(24)3)20(26)12-28-21(27)19-11-23-13-25(19)17-7-5-16(22)6-8-17/h4-8,10-11,13H,1,9,12H2,2-3H3. The SMILES string of the molecule is C=CCn1c(C)cc(C(=O)COC(=O)c2cncn2-c2ccc(F)cc2)c1C. The maximum absolute atomic E-state index is 13.1. The Morgan fingerprint density at radius 3 is 2.64 bits per heavy atom. The molecule has 7 heteroatoms. The molecule has 0 saturated heterocycles. The summed E-state index contributed by atoms with van der Waals surface area (Å²) in [6.45, 7) is 7.68. The van der Waals surface area contributed by atoms with Crippen LogP contribution in [-0.4, -0.2) is 32.5 Å². The highest BCUT2D eigenvalue weighted by Gasteiger charge is 2.19. The predicted octanol–water partition coefficient (Wildman–Crippen LogP) is 3.66. The van der Waals surface area contributed by atoms with Crippen LogP contribution < -0.4 is 0 Å². The van der Waals surface area contributed by atoms with Crippen LogP contribution in [0.15, 0.2) is 55.5 Å². The van der Waals surface area contributed by atoms with Crippen LogP contribution in [-0.2, 0) is 11.3 Å². The van der Waals surface area contributed by atoms with Gasteiger partial charge in [0.05, 0.1) is 12.5 Å². The molecule has 0 saturated carbocycles. The second-order valence-corrected chi connectivity index (χ2v) is 6.31. The van der Waals surface area contributed by atoms with Crippen molar-refractivity contribution in [3.05, 3.63) is 84.0 Å². The third kappa shape index (κ3) is 3.78. The van der Waals surface area contributed by atoms with Gasteiger partial charge < -0.3 is 9.30 Å². The van der Waals surface area contributed by atoms with Gasteiger partial charge in [-0.3, -0.25) is 9.36 Å². The van der Waals surface area contributed by atoms with E-state index in [1.54, 1.807) is 12.1 Å². The molecule has 2 heterocycles. The fraction of sp³-hybridized carbons (Fsp3) is 0.190. The van der Waals surface area contributed by atoms with Gasteiger partial charge in [-0.15, -0.1) is 6.58 Å². The number of imidazole rings is 1. The average molecular weight is 381 g/mol. The number of nitrogens with zero attached hydrogens (tertiary/aromatic N) is 3. The molecule has 144 valence electrons. The Bertz CT molecular complexity index is 1030. The second kappa shape index (κ2) is 8.04. The molecule has 0 N–H and O–H groups in total. The Morgan fingerprint density at radius 1 is 1.25 bits per heavy atom. The van der Waals surface area contributed by atoms with Gasteiger partial charge >= 0.3 is 5.97 Å². The second-order valence-electron chi connectivity index (χ2n) is 6.31. The number of Topliss-reactive ketones (excluding diaryl/α,β-unsaturated/α-hetero) is 1. The van der Waals surface area contributed by atoms with E-state index in [0.717, 1.165) is 11.4 Å². The van der Waals surface area contributed by atoms with Crippen LogP contribution in [0.3, 0.4) is 0 Å². The summed E-state index contributed by atoms with van der Waals surface area (Å²) in [4.78, 5) is 28.9. The largest absolute Gasteiger partial charge is 0.453 e. The number of aromatic nitrogens is 3. The number of hydrogen-bond acceptors (Lipinski definition) is 4. The van der Waals surface area contributed by atoms with E-state index >= 15 is 0 Å². The first-order chi connectivity index (χ1) is 13.4. The van der Waals surface area contributed by atoms with Crippen LogP contribution >= 0.6 is 0 Å². The molecule has 3 aromatic rings. The highest BCUT2D eigenvalue weighted by atomic mass is 19.1. The predicted molar refractivity (Wildman–Crippen MR) is 102 cm³/mol. The Morgan fingerprint density at radius 2 is 1.96 bits per heavy atom. The van der Waals surface area contributed by atoms with Crippen LogP contribution in [0.1, 0.15) is 32.2 Å². The minimum absolute atomic E-state index is 0.150. The molecule has 3 rings (SSSR count). The molecule has 0 aliphatic rings. The molecule has 0 aliphatic heterocycles. The van der Waals surface area contributed by atoms with E-state index in [2.05, 4.69) is 11.6 Å². The van der Waals surface area contributed by atoms with Gasteiger partial charge in [0, 0.05) is 29.2 Å². The van der Waals surface area contributed by atoms with Crippen molar-refractivity contribution in [3.8, 4) is 5.69 Å². The van der Waals surface area contributed by atoms with Crippen LogP contribution in [0.5, 0.6) is 0 Å². The molecule has 0 aliphatic carbocycles. The minimum atomic E-state index is -0.685. The molecular formula is C21H20FN3O3. The number of esters is 1. The first-order valence-electron chi connectivity index (χ1n) is 8.68. The highest BCUT2D eigenvalue weighted by molar-refractivity contribution is 6.00. The number of halogens is 1. The van der Waals surface area contributed by atoms with Gasteiger partial charge in [0.1, 0.15) is 5.82 Å². The molecule has 1 aromatic carbocycles. The topological polar surface area (TPSA) is 66.1 Å². The van der Waals surface area contributed by atoms with Crippen molar-refractivity contribution in [2.45, 2.75) is 20.4 Å². The number of ketones is 1. The molecule has 0 amide bonds. The summed E-state index contributed by atoms with van der Waals surface area (Å²) in [5.74, 6) is -1.35. The summed E-state index contributed by atoms with van der Waals surface area (Å²) >= 11 is 0. The Hall–Kier alpha value is -3.48. The molecular weight excluding hydrogens is 361 g/mol. The third-order valence-corrected chi connectivity index (χ3v) is 4.47. The molecule has 0 spiro atoms. The highest BCUT2D eigenvalue weighted by Crippen LogP contribution is 2.17. The van der Waals surface area contributed by atoms with Gasteiger partial charge in [-0.2, -0.15) is 0 Å². The van der Waals surface area contributed by atoms with E-state index in [1.165, 1.54) is 41.4 Å². The van der Waals surface area contributed by atoms with Crippen LogP contribution in [0.25, 0.3) is 5.69 Å². The molecule has 28 heavy (non-hydrogen) atoms. The first kappa shape index (κ1) is 19.3. The van der Waals surface area contributed by atoms with Crippen LogP contribution in [0.2, 0.25) is 0 Å². The number of carbonyl (C=O) groups is 2. The van der Waals surface area contributed by atoms with Gasteiger partial charge in [0.15, 0.2) is 12.3 Å². The molecule has 2 aromatic heterocycles. The first-order valence-corrected chi connectivity index (χ1v) is 8.68. The Kier molecular flexibility index (Phi) is 5.54. The normalized spacial score (nSPS) is 10.7. The maximum Gasteiger partial charge on any atom is 0.357 e. The van der Waals surface area contributed by atoms with E-state index in [9.17, 15) is 14.0 Å². The fourth-order valence-electron chi connectivity index (χ4n) is 3.03. The van der Waals surface area contributed by atoms with Crippen molar-refractivity contribution in [2.75, 3.05) is 6.61 Å². The third-order valence-electron chi connectivity index (χ3n) is 4.47. The number of hydrogen-bond donors (Lipinski definition) is 0. The summed E-state index contributed by atoms with van der Waals surface area (Å²) in [7, 11) is 0. The molecule has 0 radical (unpaired) electrons. The quantitative estimate of drug-likeness (QED) is 0.356. The smallest absolute Gasteiger partial charge is 0.357 e. The van der Waals surface area contributed by atoms with E-state index in [-0.39, 0.29) is 23.9 Å². The van der Waals surface area contributed by atoms with Crippen LogP contribution in [0.4, 0.5) is 4.39 Å². The minimum Gasteiger partial charge on any atom is -0.453 e. The zero-order valence-electron chi connectivity index (χ0n) is 15.7. The van der Waals surface area contributed by atoms with Gasteiger partial charge in [0.2, 0.25) is 5.78 Å². The fourth-order valence-corrected chi connectivity index (χ4v) is 3.03. The van der Waals surface area contributed by atoms with Crippen molar-refractivity contribution >= 4 is 11.8 Å². The maximum atomic E-state index is 13.1. The lowest BCUT2D eigenvalue weighted by Gasteiger charge is -2.09. The van der Waals surface area contributed by atoms with Crippen LogP contribution in [0, 0.1) is 19.7 Å². The molecule has 0 fully saturated rings. The number of aryl methyl sites for hydroxylation is 1. The van der Waals surface area contributed by atoms with E-state index in [0.29, 0.717) is 17.8 Å². The van der Waals surface area contributed by atoms with Crippen molar-refractivity contribution in [2.24, 2.45) is 0 Å². The van der Waals surface area contributed by atoms with Crippen molar-refractivity contribution < 1.29 is 18.7 Å². The lowest BCUT2D eigenvalue weighted by molar-refractivity contribution is 0.0466. The summed E-state index contributed by atoms with van der Waals surface area (Å²) < 4.78 is 21.7. The van der Waals surface area contributed by atoms with Crippen molar-refractivity contribution in [1.29, 1.82) is 0 Å². The zero-order valence-corrected chi connectivity index (χ0v) is 15.7. The monoisotopic (exact) mass is 381 g/mol. The molecule has 6 nitrogen and oxygen atoms in total.